The minimum absolute atomic E-state index is 0.333. The normalized spacial score (nSPS) is 14.3. The summed E-state index contributed by atoms with van der Waals surface area (Å²) in [7, 11) is 0. The first kappa shape index (κ1) is 38.8. The van der Waals surface area contributed by atoms with Gasteiger partial charge in [0.2, 0.25) is 0 Å². The Morgan fingerprint density at radius 1 is 0.476 bits per heavy atom. The van der Waals surface area contributed by atoms with Crippen LogP contribution in [0.4, 0.5) is 4.79 Å². The molecule has 0 saturated carbocycles. The van der Waals surface area contributed by atoms with E-state index in [9.17, 15) is 4.79 Å². The van der Waals surface area contributed by atoms with Gasteiger partial charge in [-0.15, -0.1) is 0 Å². The number of carbonyl (C=O) groups excluding carboxylic acids is 1. The van der Waals surface area contributed by atoms with E-state index in [-0.39, 0.29) is 0 Å². The highest BCUT2D eigenvalue weighted by molar-refractivity contribution is 5.74. The summed E-state index contributed by atoms with van der Waals surface area (Å²) in [5.74, 6) is 0. The van der Waals surface area contributed by atoms with Gasteiger partial charge in [-0.2, -0.15) is 0 Å². The van der Waals surface area contributed by atoms with Crippen molar-refractivity contribution in [2.24, 2.45) is 0 Å². The molecule has 1 aliphatic heterocycles. The van der Waals surface area contributed by atoms with Crippen molar-refractivity contribution in [1.82, 2.24) is 9.80 Å². The smallest absolute Gasteiger partial charge is 0.319 e. The molecule has 0 aromatic heterocycles. The molecule has 0 aliphatic carbocycles. The number of urea groups is 1. The van der Waals surface area contributed by atoms with Crippen molar-refractivity contribution >= 4 is 6.03 Å². The van der Waals surface area contributed by atoms with Crippen LogP contribution in [0.1, 0.15) is 194 Å². The Morgan fingerprint density at radius 3 is 1.19 bits per heavy atom. The lowest BCUT2D eigenvalue weighted by Gasteiger charge is -2.30. The SMILES string of the molecule is CCCCCC/C=C\CCCCCCCCN(CCCCCCCC/C=C\CCCCCC)C(=O)N1CCCCCC1. The van der Waals surface area contributed by atoms with E-state index in [1.807, 2.05) is 0 Å². The number of likely N-dealkylation sites (tertiary alicyclic amines) is 1. The summed E-state index contributed by atoms with van der Waals surface area (Å²) in [5.41, 5.74) is 0. The predicted molar refractivity (Wildman–Crippen MR) is 187 cm³/mol. The topological polar surface area (TPSA) is 23.6 Å². The first-order valence-corrected chi connectivity index (χ1v) is 19.1. The van der Waals surface area contributed by atoms with Gasteiger partial charge >= 0.3 is 6.03 Å². The third kappa shape index (κ3) is 24.2. The minimum Gasteiger partial charge on any atom is -0.325 e. The number of hydrogen-bond donors (Lipinski definition) is 0. The lowest BCUT2D eigenvalue weighted by Crippen LogP contribution is -2.44. The minimum atomic E-state index is 0.333. The molecule has 0 spiro atoms. The van der Waals surface area contributed by atoms with Crippen LogP contribution < -0.4 is 0 Å². The maximum absolute atomic E-state index is 13.4. The van der Waals surface area contributed by atoms with Gasteiger partial charge in [-0.1, -0.05) is 141 Å². The van der Waals surface area contributed by atoms with Crippen molar-refractivity contribution in [3.63, 3.8) is 0 Å². The van der Waals surface area contributed by atoms with Crippen LogP contribution in [0, 0.1) is 0 Å². The van der Waals surface area contributed by atoms with Crippen molar-refractivity contribution < 1.29 is 4.79 Å². The summed E-state index contributed by atoms with van der Waals surface area (Å²) in [6.45, 7) is 8.41. The summed E-state index contributed by atoms with van der Waals surface area (Å²) in [4.78, 5) is 17.8. The number of rotatable bonds is 28. The largest absolute Gasteiger partial charge is 0.325 e. The van der Waals surface area contributed by atoms with E-state index >= 15 is 0 Å². The molecule has 0 aromatic carbocycles. The van der Waals surface area contributed by atoms with E-state index in [0.29, 0.717) is 6.03 Å². The van der Waals surface area contributed by atoms with Crippen molar-refractivity contribution in [2.75, 3.05) is 26.2 Å². The monoisotopic (exact) mass is 587 g/mol. The summed E-state index contributed by atoms with van der Waals surface area (Å²) in [6, 6.07) is 0.333. The Hall–Kier alpha value is -1.25. The number of amides is 2. The van der Waals surface area contributed by atoms with Gasteiger partial charge in [-0.25, -0.2) is 4.79 Å². The predicted octanol–water partition coefficient (Wildman–Crippen LogP) is 12.8. The second-order valence-corrected chi connectivity index (χ2v) is 13.1. The van der Waals surface area contributed by atoms with Gasteiger partial charge < -0.3 is 9.80 Å². The van der Waals surface area contributed by atoms with Crippen LogP contribution in [-0.2, 0) is 0 Å². The fourth-order valence-corrected chi connectivity index (χ4v) is 6.16. The van der Waals surface area contributed by atoms with E-state index in [2.05, 4.69) is 48.0 Å². The van der Waals surface area contributed by atoms with Crippen molar-refractivity contribution in [1.29, 1.82) is 0 Å². The molecule has 1 rings (SSSR count). The molecule has 1 saturated heterocycles. The molecule has 2 amide bonds. The van der Waals surface area contributed by atoms with E-state index in [4.69, 9.17) is 0 Å². The highest BCUT2D eigenvalue weighted by Gasteiger charge is 2.21. The number of nitrogens with zero attached hydrogens (tertiary/aromatic N) is 2. The summed E-state index contributed by atoms with van der Waals surface area (Å²) < 4.78 is 0. The third-order valence-electron chi connectivity index (χ3n) is 9.03. The second kappa shape index (κ2) is 31.2. The molecular formula is C39H74N2O. The highest BCUT2D eigenvalue weighted by atomic mass is 16.2. The van der Waals surface area contributed by atoms with Gasteiger partial charge in [0.25, 0.3) is 0 Å². The molecule has 1 fully saturated rings. The highest BCUT2D eigenvalue weighted by Crippen LogP contribution is 2.16. The zero-order chi connectivity index (χ0) is 30.2. The molecule has 3 heteroatoms. The van der Waals surface area contributed by atoms with Crippen LogP contribution in [0.25, 0.3) is 0 Å². The average molecular weight is 587 g/mol. The zero-order valence-electron chi connectivity index (χ0n) is 28.7. The van der Waals surface area contributed by atoms with Crippen LogP contribution in [-0.4, -0.2) is 42.0 Å². The maximum Gasteiger partial charge on any atom is 0.319 e. The molecule has 1 heterocycles. The molecule has 0 atom stereocenters. The van der Waals surface area contributed by atoms with Gasteiger partial charge in [0.15, 0.2) is 0 Å². The number of allylic oxidation sites excluding steroid dienone is 4. The first-order valence-electron chi connectivity index (χ1n) is 19.1. The average Bonchev–Trinajstić information content (AvgIpc) is 3.30. The Labute approximate surface area is 264 Å². The summed E-state index contributed by atoms with van der Waals surface area (Å²) >= 11 is 0. The summed E-state index contributed by atoms with van der Waals surface area (Å²) in [5, 5.41) is 0. The van der Waals surface area contributed by atoms with E-state index in [1.54, 1.807) is 0 Å². The summed E-state index contributed by atoms with van der Waals surface area (Å²) in [6.07, 6.45) is 46.1. The maximum atomic E-state index is 13.4. The molecule has 0 aromatic rings. The van der Waals surface area contributed by atoms with E-state index in [0.717, 1.165) is 26.2 Å². The van der Waals surface area contributed by atoms with E-state index in [1.165, 1.54) is 180 Å². The molecule has 0 bridgehead atoms. The van der Waals surface area contributed by atoms with E-state index < -0.39 is 0 Å². The van der Waals surface area contributed by atoms with Crippen LogP contribution in [0.15, 0.2) is 24.3 Å². The lowest BCUT2D eigenvalue weighted by molar-refractivity contribution is 0.152. The lowest BCUT2D eigenvalue weighted by atomic mass is 10.1. The Kier molecular flexibility index (Phi) is 28.8. The van der Waals surface area contributed by atoms with Gasteiger partial charge in [0, 0.05) is 26.2 Å². The Morgan fingerprint density at radius 2 is 0.810 bits per heavy atom. The quantitative estimate of drug-likeness (QED) is 0.0660. The fourth-order valence-electron chi connectivity index (χ4n) is 6.16. The van der Waals surface area contributed by atoms with Gasteiger partial charge in [-0.05, 0) is 77.0 Å². The van der Waals surface area contributed by atoms with Gasteiger partial charge in [-0.3, -0.25) is 0 Å². The molecule has 3 nitrogen and oxygen atoms in total. The van der Waals surface area contributed by atoms with Gasteiger partial charge in [0.1, 0.15) is 0 Å². The van der Waals surface area contributed by atoms with Crippen LogP contribution in [0.5, 0.6) is 0 Å². The van der Waals surface area contributed by atoms with Crippen LogP contribution in [0.3, 0.4) is 0 Å². The molecule has 1 aliphatic rings. The Bertz CT molecular complexity index is 582. The third-order valence-corrected chi connectivity index (χ3v) is 9.03. The van der Waals surface area contributed by atoms with Crippen molar-refractivity contribution in [2.45, 2.75) is 194 Å². The molecule has 246 valence electrons. The number of unbranched alkanes of at least 4 members (excludes halogenated alkanes) is 20. The standard InChI is InChI=1S/C39H74N2O/c1-3-5-7-9-11-13-15-17-19-21-23-25-27-31-35-40(39(42)41-37-33-29-30-34-38-41)36-32-28-26-24-22-20-18-16-14-12-10-8-6-4-2/h13-16H,3-12,17-38H2,1-2H3/b15-13-,16-14-. The van der Waals surface area contributed by atoms with Crippen molar-refractivity contribution in [3.8, 4) is 0 Å². The van der Waals surface area contributed by atoms with Crippen molar-refractivity contribution in [3.05, 3.63) is 24.3 Å². The van der Waals surface area contributed by atoms with Crippen LogP contribution in [0.2, 0.25) is 0 Å². The molecule has 0 radical (unpaired) electrons. The number of hydrogen-bond acceptors (Lipinski definition) is 1. The molecule has 0 unspecified atom stereocenters. The zero-order valence-corrected chi connectivity index (χ0v) is 28.7. The van der Waals surface area contributed by atoms with Gasteiger partial charge in [0.05, 0.1) is 0 Å². The molecule has 0 N–H and O–H groups in total. The fraction of sp³-hybridized carbons (Fsp3) is 0.872. The molecule has 42 heavy (non-hydrogen) atoms. The molecular weight excluding hydrogens is 512 g/mol. The van der Waals surface area contributed by atoms with Crippen LogP contribution >= 0.6 is 0 Å². The second-order valence-electron chi connectivity index (χ2n) is 13.1. The Balaban J connectivity index is 2.16. The first-order chi connectivity index (χ1) is 20.8. The number of carbonyl (C=O) groups is 1.